The summed E-state index contributed by atoms with van der Waals surface area (Å²) in [4.78, 5) is 31.9. The molecule has 40 heavy (non-hydrogen) atoms. The van der Waals surface area contributed by atoms with Crippen molar-refractivity contribution in [1.82, 2.24) is 15.2 Å². The first-order valence-electron chi connectivity index (χ1n) is 13.9. The van der Waals surface area contributed by atoms with Crippen LogP contribution in [0.15, 0.2) is 66.7 Å². The molecule has 7 heteroatoms. The van der Waals surface area contributed by atoms with Gasteiger partial charge in [0.25, 0.3) is 0 Å². The first kappa shape index (κ1) is 27.4. The summed E-state index contributed by atoms with van der Waals surface area (Å²) in [6.07, 6.45) is 4.15. The van der Waals surface area contributed by atoms with Crippen LogP contribution in [0.1, 0.15) is 68.8 Å². The largest absolute Gasteiger partial charge is 0.488 e. The number of aromatic nitrogens is 1. The Hall–Kier alpha value is -4.13. The molecule has 208 valence electrons. The lowest BCUT2D eigenvalue weighted by atomic mass is 9.86. The highest BCUT2D eigenvalue weighted by atomic mass is 16.6. The molecule has 1 fully saturated rings. The van der Waals surface area contributed by atoms with E-state index in [1.807, 2.05) is 81.4 Å². The van der Waals surface area contributed by atoms with Crippen LogP contribution < -0.4 is 10.1 Å². The Labute approximate surface area is 236 Å². The first-order valence-corrected chi connectivity index (χ1v) is 13.9. The third-order valence-electron chi connectivity index (χ3n) is 7.12. The number of para-hydroxylation sites is 1. The van der Waals surface area contributed by atoms with Crippen molar-refractivity contribution >= 4 is 17.7 Å². The number of nitrogens with zero attached hydrogens (tertiary/aromatic N) is 2. The zero-order chi connectivity index (χ0) is 28.3. The van der Waals surface area contributed by atoms with Crippen molar-refractivity contribution in [1.29, 1.82) is 0 Å². The fourth-order valence-electron chi connectivity index (χ4n) is 5.40. The van der Waals surface area contributed by atoms with Gasteiger partial charge in [-0.25, -0.2) is 4.79 Å². The fourth-order valence-corrected chi connectivity index (χ4v) is 5.40. The molecule has 2 heterocycles. The van der Waals surface area contributed by atoms with Gasteiger partial charge < -0.3 is 19.7 Å². The van der Waals surface area contributed by atoms with E-state index in [1.54, 1.807) is 4.90 Å². The molecular formula is C33H37N3O4. The quantitative estimate of drug-likeness (QED) is 0.388. The van der Waals surface area contributed by atoms with Crippen LogP contribution in [0.4, 0.5) is 4.79 Å². The molecule has 2 aromatic carbocycles. The second-order valence-electron chi connectivity index (χ2n) is 11.5. The van der Waals surface area contributed by atoms with E-state index in [4.69, 9.17) is 14.5 Å². The van der Waals surface area contributed by atoms with Crippen molar-refractivity contribution in [2.24, 2.45) is 0 Å². The van der Waals surface area contributed by atoms with Crippen molar-refractivity contribution in [3.8, 4) is 17.0 Å². The first-order chi connectivity index (χ1) is 19.2. The summed E-state index contributed by atoms with van der Waals surface area (Å²) in [5.41, 5.74) is 6.04. The number of rotatable bonds is 6. The van der Waals surface area contributed by atoms with Crippen LogP contribution in [0.2, 0.25) is 0 Å². The van der Waals surface area contributed by atoms with Crippen LogP contribution in [0.25, 0.3) is 17.0 Å². The third-order valence-corrected chi connectivity index (χ3v) is 7.12. The molecular weight excluding hydrogens is 502 g/mol. The van der Waals surface area contributed by atoms with Gasteiger partial charge in [-0.05, 0) is 62.9 Å². The maximum absolute atomic E-state index is 13.0. The van der Waals surface area contributed by atoms with Crippen molar-refractivity contribution < 1.29 is 19.1 Å². The number of likely N-dealkylation sites (tertiary alicyclic amines) is 1. The van der Waals surface area contributed by atoms with Crippen molar-refractivity contribution in [2.45, 2.75) is 65.1 Å². The van der Waals surface area contributed by atoms with E-state index >= 15 is 0 Å². The fraction of sp³-hybridized carbons (Fsp3) is 0.364. The Bertz CT molecular complexity index is 1430. The lowest BCUT2D eigenvalue weighted by Crippen LogP contribution is -2.42. The molecule has 0 spiro atoms. The molecule has 1 aromatic heterocycles. The Morgan fingerprint density at radius 1 is 1.07 bits per heavy atom. The molecule has 7 nitrogen and oxygen atoms in total. The Morgan fingerprint density at radius 3 is 2.58 bits per heavy atom. The summed E-state index contributed by atoms with van der Waals surface area (Å²) < 4.78 is 12.0. The van der Waals surface area contributed by atoms with Crippen molar-refractivity contribution in [3.05, 3.63) is 89.1 Å². The summed E-state index contributed by atoms with van der Waals surface area (Å²) in [7, 11) is 0. The van der Waals surface area contributed by atoms with Gasteiger partial charge in [-0.15, -0.1) is 0 Å². The highest BCUT2D eigenvalue weighted by Gasteiger charge is 2.32. The molecule has 1 N–H and O–H groups in total. The van der Waals surface area contributed by atoms with Crippen LogP contribution in [-0.2, 0) is 22.6 Å². The van der Waals surface area contributed by atoms with E-state index in [9.17, 15) is 9.59 Å². The number of hydrogen-bond acceptors (Lipinski definition) is 5. The minimum Gasteiger partial charge on any atom is -0.488 e. The van der Waals surface area contributed by atoms with Gasteiger partial charge in [0.05, 0.1) is 11.4 Å². The number of pyridine rings is 1. The molecule has 1 aliphatic carbocycles. The molecule has 0 radical (unpaired) electrons. The average Bonchev–Trinajstić information content (AvgIpc) is 3.33. The summed E-state index contributed by atoms with van der Waals surface area (Å²) in [6.45, 7) is 8.84. The van der Waals surface area contributed by atoms with Crippen LogP contribution in [-0.4, -0.2) is 40.6 Å². The van der Waals surface area contributed by atoms with Gasteiger partial charge in [0.2, 0.25) is 5.91 Å². The molecule has 2 amide bonds. The molecule has 2 aliphatic rings. The number of benzene rings is 2. The van der Waals surface area contributed by atoms with Gasteiger partial charge in [-0.1, -0.05) is 48.5 Å². The van der Waals surface area contributed by atoms with E-state index in [-0.39, 0.29) is 17.9 Å². The minimum atomic E-state index is -0.556. The van der Waals surface area contributed by atoms with Gasteiger partial charge in [0.15, 0.2) is 0 Å². The smallest absolute Gasteiger partial charge is 0.410 e. The highest BCUT2D eigenvalue weighted by Crippen LogP contribution is 2.40. The Kier molecular flexibility index (Phi) is 7.92. The second-order valence-corrected chi connectivity index (χ2v) is 11.5. The number of carbonyl (C=O) groups excluding carboxylic acids is 2. The normalized spacial score (nSPS) is 16.6. The third kappa shape index (κ3) is 6.36. The molecule has 1 aliphatic heterocycles. The van der Waals surface area contributed by atoms with Crippen LogP contribution in [0, 0.1) is 0 Å². The number of piperidine rings is 1. The summed E-state index contributed by atoms with van der Waals surface area (Å²) in [5.74, 6) is 0.717. The van der Waals surface area contributed by atoms with Crippen LogP contribution in [0.5, 0.6) is 5.75 Å². The summed E-state index contributed by atoms with van der Waals surface area (Å²) >= 11 is 0. The zero-order valence-electron chi connectivity index (χ0n) is 23.7. The van der Waals surface area contributed by atoms with Gasteiger partial charge in [-0.3, -0.25) is 9.78 Å². The number of allylic oxidation sites excluding steroid dienone is 1. The number of hydrogen-bond donors (Lipinski definition) is 1. The van der Waals surface area contributed by atoms with Gasteiger partial charge in [0, 0.05) is 49.2 Å². The van der Waals surface area contributed by atoms with E-state index < -0.39 is 5.60 Å². The zero-order valence-corrected chi connectivity index (χ0v) is 23.7. The number of nitrogens with one attached hydrogen (secondary N) is 1. The topological polar surface area (TPSA) is 80.8 Å². The molecule has 5 rings (SSSR count). The minimum absolute atomic E-state index is 0.0735. The lowest BCUT2D eigenvalue weighted by molar-refractivity contribution is -0.117. The van der Waals surface area contributed by atoms with E-state index in [0.29, 0.717) is 26.1 Å². The highest BCUT2D eigenvalue weighted by molar-refractivity contribution is 5.88. The molecule has 1 unspecified atom stereocenters. The van der Waals surface area contributed by atoms with Crippen molar-refractivity contribution in [2.75, 3.05) is 13.1 Å². The Balaban J connectivity index is 1.51. The predicted octanol–water partition coefficient (Wildman–Crippen LogP) is 6.48. The summed E-state index contributed by atoms with van der Waals surface area (Å²) in [6, 6.07) is 20.2. The molecule has 0 saturated carbocycles. The van der Waals surface area contributed by atoms with Gasteiger partial charge in [-0.2, -0.15) is 0 Å². The average molecular weight is 540 g/mol. The molecule has 1 atom stereocenters. The molecule has 3 aromatic rings. The maximum Gasteiger partial charge on any atom is 0.410 e. The van der Waals surface area contributed by atoms with Crippen molar-refractivity contribution in [3.63, 3.8) is 0 Å². The van der Waals surface area contributed by atoms with E-state index in [0.717, 1.165) is 57.9 Å². The molecule has 0 bridgehead atoms. The standard InChI is InChI=1S/C33H37N3O4/c1-22(37)34-27-16-17-28-31(27)26(24-13-10-18-36(20-24)32(38)40-33(2,3)4)19-29(35-28)25-14-8-9-15-30(25)39-21-23-11-6-5-7-12-23/h5-9,11-12,14-16,19,24H,10,13,17-18,20-21H2,1-4H3,(H,34,37). The van der Waals surface area contributed by atoms with Gasteiger partial charge in [0.1, 0.15) is 18.0 Å². The van der Waals surface area contributed by atoms with E-state index in [1.165, 1.54) is 6.92 Å². The van der Waals surface area contributed by atoms with Crippen LogP contribution >= 0.6 is 0 Å². The Morgan fingerprint density at radius 2 is 1.82 bits per heavy atom. The second kappa shape index (κ2) is 11.5. The lowest BCUT2D eigenvalue weighted by Gasteiger charge is -2.35. The summed E-state index contributed by atoms with van der Waals surface area (Å²) in [5, 5.41) is 3.00. The van der Waals surface area contributed by atoms with Gasteiger partial charge >= 0.3 is 6.09 Å². The maximum atomic E-state index is 13.0. The predicted molar refractivity (Wildman–Crippen MR) is 156 cm³/mol. The number of ether oxygens (including phenoxy) is 2. The molecule has 1 saturated heterocycles. The monoisotopic (exact) mass is 539 g/mol. The SMILES string of the molecule is CC(=O)NC1=CCc2nc(-c3ccccc3OCc3ccccc3)cc(C3CCCN(C(=O)OC(C)(C)C)C3)c21. The number of carbonyl (C=O) groups is 2. The number of fused-ring (bicyclic) bond motifs is 1. The van der Waals surface area contributed by atoms with E-state index in [2.05, 4.69) is 11.4 Å². The number of amides is 2. The van der Waals surface area contributed by atoms with Crippen LogP contribution in [0.3, 0.4) is 0 Å².